The van der Waals surface area contributed by atoms with Gasteiger partial charge in [-0.2, -0.15) is 5.26 Å². The van der Waals surface area contributed by atoms with Gasteiger partial charge in [-0.1, -0.05) is 36.4 Å². The molecule has 4 aromatic rings. The number of sulfonamides is 1. The Morgan fingerprint density at radius 2 is 1.83 bits per heavy atom. The van der Waals surface area contributed by atoms with E-state index in [0.29, 0.717) is 36.5 Å². The molecule has 0 spiro atoms. The second kappa shape index (κ2) is 11.6. The quantitative estimate of drug-likeness (QED) is 0.268. The first-order chi connectivity index (χ1) is 17.4. The van der Waals surface area contributed by atoms with E-state index >= 15 is 0 Å². The Labute approximate surface area is 210 Å². The van der Waals surface area contributed by atoms with E-state index in [-0.39, 0.29) is 11.5 Å². The fourth-order valence-corrected chi connectivity index (χ4v) is 4.60. The van der Waals surface area contributed by atoms with Gasteiger partial charge in [0, 0.05) is 23.8 Å². The predicted octanol–water partition coefficient (Wildman–Crippen LogP) is 3.48. The van der Waals surface area contributed by atoms with Gasteiger partial charge in [0.2, 0.25) is 0 Å². The molecule has 0 saturated carbocycles. The van der Waals surface area contributed by atoms with Crippen LogP contribution >= 0.6 is 0 Å². The van der Waals surface area contributed by atoms with Gasteiger partial charge in [0.15, 0.2) is 0 Å². The van der Waals surface area contributed by atoms with E-state index in [1.54, 1.807) is 42.5 Å². The second-order valence-corrected chi connectivity index (χ2v) is 9.91. The number of hydrogen-bond acceptors (Lipinski definition) is 7. The molecule has 36 heavy (non-hydrogen) atoms. The number of nitriles is 1. The number of aliphatic hydroxyl groups excluding tert-OH is 1. The van der Waals surface area contributed by atoms with Crippen LogP contribution in [0.25, 0.3) is 10.9 Å². The topological polar surface area (TPSA) is 124 Å². The number of para-hydroxylation sites is 1. The van der Waals surface area contributed by atoms with Gasteiger partial charge in [0.25, 0.3) is 10.0 Å². The van der Waals surface area contributed by atoms with Gasteiger partial charge in [-0.3, -0.25) is 9.71 Å². The number of aliphatic hydroxyl groups is 1. The normalized spacial score (nSPS) is 12.1. The SMILES string of the molecule is N#Cc1cccc(OC[C@@H](O)CNCCc2ccc(NS(=O)(=O)c3cnc4ccccc4c3)cc2)c1. The van der Waals surface area contributed by atoms with Gasteiger partial charge in [-0.15, -0.1) is 0 Å². The van der Waals surface area contributed by atoms with Crippen molar-refractivity contribution in [3.8, 4) is 11.8 Å². The van der Waals surface area contributed by atoms with Crippen LogP contribution in [-0.4, -0.2) is 44.3 Å². The Morgan fingerprint density at radius 1 is 1.03 bits per heavy atom. The minimum atomic E-state index is -3.76. The highest BCUT2D eigenvalue weighted by Crippen LogP contribution is 2.20. The number of aromatic nitrogens is 1. The van der Waals surface area contributed by atoms with Gasteiger partial charge in [0.1, 0.15) is 23.4 Å². The number of benzene rings is 3. The summed E-state index contributed by atoms with van der Waals surface area (Å²) in [6, 6.07) is 25.0. The Kier molecular flexibility index (Phi) is 8.13. The van der Waals surface area contributed by atoms with Crippen molar-refractivity contribution in [3.63, 3.8) is 0 Å². The van der Waals surface area contributed by atoms with E-state index < -0.39 is 16.1 Å². The Hall–Kier alpha value is -3.97. The molecule has 0 aliphatic heterocycles. The minimum Gasteiger partial charge on any atom is -0.491 e. The number of nitrogens with one attached hydrogen (secondary N) is 2. The molecule has 0 aliphatic rings. The Bertz CT molecular complexity index is 1470. The molecule has 0 aliphatic carbocycles. The molecular weight excluding hydrogens is 476 g/mol. The molecule has 0 unspecified atom stereocenters. The lowest BCUT2D eigenvalue weighted by molar-refractivity contribution is 0.106. The lowest BCUT2D eigenvalue weighted by atomic mass is 10.1. The van der Waals surface area contributed by atoms with Crippen LogP contribution in [0.2, 0.25) is 0 Å². The monoisotopic (exact) mass is 502 g/mol. The average Bonchev–Trinajstić information content (AvgIpc) is 2.90. The number of ether oxygens (including phenoxy) is 1. The summed E-state index contributed by atoms with van der Waals surface area (Å²) in [7, 11) is -3.76. The summed E-state index contributed by atoms with van der Waals surface area (Å²) < 4.78 is 33.7. The summed E-state index contributed by atoms with van der Waals surface area (Å²) in [5.41, 5.74) is 2.73. The lowest BCUT2D eigenvalue weighted by Crippen LogP contribution is -2.32. The number of hydrogen-bond donors (Lipinski definition) is 3. The molecule has 1 atom stereocenters. The molecule has 0 radical (unpaired) electrons. The number of anilines is 1. The fourth-order valence-electron chi connectivity index (χ4n) is 3.56. The maximum absolute atomic E-state index is 12.8. The van der Waals surface area contributed by atoms with Crippen molar-refractivity contribution in [1.82, 2.24) is 10.3 Å². The summed E-state index contributed by atoms with van der Waals surface area (Å²) in [6.45, 7) is 1.11. The molecule has 0 saturated heterocycles. The Morgan fingerprint density at radius 3 is 2.64 bits per heavy atom. The highest BCUT2D eigenvalue weighted by atomic mass is 32.2. The lowest BCUT2D eigenvalue weighted by Gasteiger charge is -2.13. The second-order valence-electron chi connectivity index (χ2n) is 8.22. The van der Waals surface area contributed by atoms with Crippen LogP contribution in [0.4, 0.5) is 5.69 Å². The van der Waals surface area contributed by atoms with Gasteiger partial charge in [-0.25, -0.2) is 8.42 Å². The smallest absolute Gasteiger partial charge is 0.263 e. The van der Waals surface area contributed by atoms with Crippen LogP contribution in [0.15, 0.2) is 90.0 Å². The number of pyridine rings is 1. The summed E-state index contributed by atoms with van der Waals surface area (Å²) >= 11 is 0. The van der Waals surface area contributed by atoms with Gasteiger partial charge >= 0.3 is 0 Å². The third-order valence-electron chi connectivity index (χ3n) is 5.46. The molecule has 1 heterocycles. The maximum Gasteiger partial charge on any atom is 0.263 e. The third-order valence-corrected chi connectivity index (χ3v) is 6.81. The van der Waals surface area contributed by atoms with E-state index in [4.69, 9.17) is 10.00 Å². The number of fused-ring (bicyclic) bond motifs is 1. The van der Waals surface area contributed by atoms with Crippen molar-refractivity contribution in [2.75, 3.05) is 24.4 Å². The zero-order valence-electron chi connectivity index (χ0n) is 19.5. The zero-order valence-corrected chi connectivity index (χ0v) is 20.3. The van der Waals surface area contributed by atoms with Crippen molar-refractivity contribution in [2.24, 2.45) is 0 Å². The van der Waals surface area contributed by atoms with Crippen LogP contribution in [0, 0.1) is 11.3 Å². The predicted molar refractivity (Wildman–Crippen MR) is 138 cm³/mol. The van der Waals surface area contributed by atoms with Crippen molar-refractivity contribution >= 4 is 26.6 Å². The van der Waals surface area contributed by atoms with Crippen LogP contribution < -0.4 is 14.8 Å². The molecule has 184 valence electrons. The largest absolute Gasteiger partial charge is 0.491 e. The molecule has 9 heteroatoms. The molecule has 0 amide bonds. The van der Waals surface area contributed by atoms with Crippen LogP contribution in [0.3, 0.4) is 0 Å². The first-order valence-electron chi connectivity index (χ1n) is 11.4. The van der Waals surface area contributed by atoms with Crippen LogP contribution in [-0.2, 0) is 16.4 Å². The van der Waals surface area contributed by atoms with E-state index in [2.05, 4.69) is 15.0 Å². The van der Waals surface area contributed by atoms with E-state index in [0.717, 1.165) is 16.5 Å². The highest BCUT2D eigenvalue weighted by Gasteiger charge is 2.15. The standard InChI is InChI=1S/C27H26N4O4S/c28-16-21-4-3-6-25(14-21)35-19-24(32)17-29-13-12-20-8-10-23(11-9-20)31-36(33,34)26-15-22-5-1-2-7-27(22)30-18-26/h1-11,14-15,18,24,29,31-32H,12-13,17,19H2/t24-/m0/s1. The maximum atomic E-state index is 12.8. The van der Waals surface area contributed by atoms with Crippen molar-refractivity contribution in [1.29, 1.82) is 5.26 Å². The Balaban J connectivity index is 1.22. The zero-order chi connectivity index (χ0) is 25.4. The van der Waals surface area contributed by atoms with Crippen molar-refractivity contribution < 1.29 is 18.3 Å². The average molecular weight is 503 g/mol. The third kappa shape index (κ3) is 6.79. The molecule has 0 fully saturated rings. The molecule has 8 nitrogen and oxygen atoms in total. The summed E-state index contributed by atoms with van der Waals surface area (Å²) in [5, 5.41) is 23.0. The molecule has 3 N–H and O–H groups in total. The molecule has 0 bridgehead atoms. The summed E-state index contributed by atoms with van der Waals surface area (Å²) in [5.74, 6) is 0.542. The van der Waals surface area contributed by atoms with E-state index in [1.165, 1.54) is 6.20 Å². The van der Waals surface area contributed by atoms with Crippen LogP contribution in [0.5, 0.6) is 5.75 Å². The number of rotatable bonds is 11. The molecule has 4 rings (SSSR count). The number of nitrogens with zero attached hydrogens (tertiary/aromatic N) is 2. The molecule has 3 aromatic carbocycles. The fraction of sp³-hybridized carbons (Fsp3) is 0.185. The molecular formula is C27H26N4O4S. The van der Waals surface area contributed by atoms with Crippen LogP contribution in [0.1, 0.15) is 11.1 Å². The van der Waals surface area contributed by atoms with Gasteiger partial charge < -0.3 is 15.2 Å². The summed E-state index contributed by atoms with van der Waals surface area (Å²) in [6.07, 6.45) is 1.37. The van der Waals surface area contributed by atoms with Crippen molar-refractivity contribution in [2.45, 2.75) is 17.4 Å². The minimum absolute atomic E-state index is 0.106. The van der Waals surface area contributed by atoms with Crippen molar-refractivity contribution in [3.05, 3.63) is 96.2 Å². The van der Waals surface area contributed by atoms with E-state index in [9.17, 15) is 13.5 Å². The molecule has 1 aromatic heterocycles. The van der Waals surface area contributed by atoms with E-state index in [1.807, 2.05) is 42.5 Å². The van der Waals surface area contributed by atoms with Gasteiger partial charge in [0.05, 0.1) is 17.1 Å². The summed E-state index contributed by atoms with van der Waals surface area (Å²) in [4.78, 5) is 4.33. The van der Waals surface area contributed by atoms with Gasteiger partial charge in [-0.05, 0) is 61.0 Å². The first-order valence-corrected chi connectivity index (χ1v) is 12.9. The first kappa shape index (κ1) is 25.1. The highest BCUT2D eigenvalue weighted by molar-refractivity contribution is 7.92.